The fourth-order valence-electron chi connectivity index (χ4n) is 8.17. The highest BCUT2D eigenvalue weighted by atomic mass is 32.1. The molecule has 0 spiro atoms. The van der Waals surface area contributed by atoms with E-state index in [4.69, 9.17) is 19.2 Å². The van der Waals surface area contributed by atoms with E-state index in [1.807, 2.05) is 47.7 Å². The van der Waals surface area contributed by atoms with Crippen molar-refractivity contribution in [2.24, 2.45) is 4.99 Å². The lowest BCUT2D eigenvalue weighted by molar-refractivity contribution is 0.0218. The summed E-state index contributed by atoms with van der Waals surface area (Å²) in [5.41, 5.74) is 5.98. The average Bonchev–Trinajstić information content (AvgIpc) is 4.06. The molecule has 0 radical (unpaired) electrons. The van der Waals surface area contributed by atoms with E-state index in [0.717, 1.165) is 86.8 Å². The number of imidazole rings is 2. The Hall–Kier alpha value is -6.21. The van der Waals surface area contributed by atoms with Crippen molar-refractivity contribution in [3.05, 3.63) is 102 Å². The predicted molar refractivity (Wildman–Crippen MR) is 240 cm³/mol. The second kappa shape index (κ2) is 15.7. The van der Waals surface area contributed by atoms with Crippen LogP contribution in [0.15, 0.2) is 90.2 Å². The first kappa shape index (κ1) is 40.2. The van der Waals surface area contributed by atoms with Gasteiger partial charge in [-0.15, -0.1) is 11.3 Å². The molecule has 1 fully saturated rings. The summed E-state index contributed by atoms with van der Waals surface area (Å²) in [5.74, 6) is 2.07. The molecule has 9 rings (SSSR count). The van der Waals surface area contributed by atoms with Crippen LogP contribution in [-0.4, -0.2) is 65.0 Å². The first-order chi connectivity index (χ1) is 29.2. The third-order valence-electron chi connectivity index (χ3n) is 10.9. The lowest BCUT2D eigenvalue weighted by Crippen LogP contribution is -2.36. The van der Waals surface area contributed by atoms with Gasteiger partial charge in [-0.3, -0.25) is 9.47 Å². The number of ether oxygens (including phenoxy) is 3. The Labute approximate surface area is 359 Å². The summed E-state index contributed by atoms with van der Waals surface area (Å²) in [6.45, 7) is 13.9. The van der Waals surface area contributed by atoms with Crippen molar-refractivity contribution in [1.82, 2.24) is 29.4 Å². The monoisotopic (exact) mass is 837 g/mol. The summed E-state index contributed by atoms with van der Waals surface area (Å²) in [5, 5.41) is 2.22. The second-order valence-corrected chi connectivity index (χ2v) is 19.0. The van der Waals surface area contributed by atoms with Gasteiger partial charge in [0, 0.05) is 33.3 Å². The molecule has 314 valence electrons. The number of hydrogen-bond acceptors (Lipinski definition) is 8. The van der Waals surface area contributed by atoms with Crippen LogP contribution in [0.1, 0.15) is 109 Å². The number of hydrogen-bond donors (Lipinski definition) is 2. The highest BCUT2D eigenvalue weighted by Crippen LogP contribution is 2.47. The van der Waals surface area contributed by atoms with Crippen LogP contribution in [0, 0.1) is 0 Å². The number of unbranched alkanes of at least 4 members (excludes halogenated alkanes) is 1. The number of H-pyrrole nitrogens is 2. The van der Waals surface area contributed by atoms with Crippen LogP contribution in [0.4, 0.5) is 9.59 Å². The number of nitrogens with one attached hydrogen (secondary N) is 2. The number of rotatable bonds is 8. The van der Waals surface area contributed by atoms with Crippen molar-refractivity contribution in [2.45, 2.75) is 104 Å². The number of carbonyl (C=O) groups is 2. The number of benzene rings is 3. The molecular weight excluding hydrogens is 787 g/mol. The molecule has 1 unspecified atom stereocenters. The highest BCUT2D eigenvalue weighted by Gasteiger charge is 2.35. The summed E-state index contributed by atoms with van der Waals surface area (Å²) in [7, 11) is 0. The van der Waals surface area contributed by atoms with Gasteiger partial charge in [-0.2, -0.15) is 4.99 Å². The van der Waals surface area contributed by atoms with Crippen LogP contribution in [0.2, 0.25) is 0 Å². The van der Waals surface area contributed by atoms with Gasteiger partial charge in [-0.25, -0.2) is 19.6 Å². The van der Waals surface area contributed by atoms with Crippen LogP contribution in [0.3, 0.4) is 0 Å². The quantitative estimate of drug-likeness (QED) is 0.145. The molecule has 4 aromatic heterocycles. The van der Waals surface area contributed by atoms with Crippen LogP contribution in [-0.2, 0) is 9.47 Å². The number of nitrogens with zero attached hydrogens (tertiary/aromatic N) is 5. The lowest BCUT2D eigenvalue weighted by atomic mass is 10.0. The van der Waals surface area contributed by atoms with Crippen molar-refractivity contribution >= 4 is 50.2 Å². The Balaban J connectivity index is 1.07. The molecule has 2 N–H and O–H groups in total. The number of aliphatic imine (C=N–C) groups is 1. The Kier molecular flexibility index (Phi) is 10.3. The molecule has 6 heterocycles. The maximum atomic E-state index is 13.1. The Bertz CT molecular complexity index is 2780. The maximum Gasteiger partial charge on any atom is 0.434 e. The maximum absolute atomic E-state index is 13.1. The minimum absolute atomic E-state index is 0.183. The van der Waals surface area contributed by atoms with E-state index in [-0.39, 0.29) is 12.1 Å². The minimum Gasteiger partial charge on any atom is -0.464 e. The van der Waals surface area contributed by atoms with Crippen LogP contribution >= 0.6 is 11.3 Å². The van der Waals surface area contributed by atoms with E-state index in [9.17, 15) is 9.59 Å². The van der Waals surface area contributed by atoms with Crippen LogP contribution in [0.5, 0.6) is 5.75 Å². The fourth-order valence-corrected chi connectivity index (χ4v) is 9.25. The average molecular weight is 838 g/mol. The molecular formula is C48H51N7O5S. The zero-order valence-corrected chi connectivity index (χ0v) is 36.5. The van der Waals surface area contributed by atoms with Crippen molar-refractivity contribution in [2.75, 3.05) is 6.54 Å². The molecule has 0 bridgehead atoms. The summed E-state index contributed by atoms with van der Waals surface area (Å²) in [6.07, 6.45) is 6.39. The van der Waals surface area contributed by atoms with Gasteiger partial charge in [0.25, 0.3) is 0 Å². The Morgan fingerprint density at radius 2 is 1.64 bits per heavy atom. The molecule has 1 saturated heterocycles. The summed E-state index contributed by atoms with van der Waals surface area (Å²) in [6, 6.07) is 25.4. The standard InChI is InChI=1S/C48H51N7O5S/c1-8-9-14-33(53-45(56)59-47(2,3)4)42-49-26-34(51-42)28-18-20-36-31(22-28)23-38-32-19-17-29(24-39(32)58-44(55(36)38)41-25-30-13-10-11-16-40(30)61-41)35-27-50-43(52-35)37-15-12-21-54(37)46(57)60-48(5,6)7/h10-11,13,16-20,22-27,37,44H,8-9,12,14-15,21H2,1-7H3,(H,49,51)(H,50,52)/b53-33-/t37-,44?/m0/s1. The Morgan fingerprint density at radius 1 is 0.885 bits per heavy atom. The highest BCUT2D eigenvalue weighted by molar-refractivity contribution is 7.19. The smallest absolute Gasteiger partial charge is 0.434 e. The number of likely N-dealkylation sites (tertiary alicyclic amines) is 1. The van der Waals surface area contributed by atoms with Crippen molar-refractivity contribution in [1.29, 1.82) is 0 Å². The number of thiophene rings is 1. The van der Waals surface area contributed by atoms with Crippen molar-refractivity contribution in [3.63, 3.8) is 0 Å². The fraction of sp³-hybridized carbons (Fsp3) is 0.354. The van der Waals surface area contributed by atoms with Gasteiger partial charge in [0.2, 0.25) is 6.23 Å². The van der Waals surface area contributed by atoms with E-state index in [0.29, 0.717) is 24.5 Å². The van der Waals surface area contributed by atoms with Gasteiger partial charge in [-0.05, 0) is 115 Å². The molecule has 2 atom stereocenters. The largest absolute Gasteiger partial charge is 0.464 e. The molecule has 13 heteroatoms. The number of fused-ring (bicyclic) bond motifs is 6. The van der Waals surface area contributed by atoms with E-state index in [2.05, 4.69) is 104 Å². The lowest BCUT2D eigenvalue weighted by Gasteiger charge is -2.29. The molecule has 0 aliphatic carbocycles. The van der Waals surface area contributed by atoms with E-state index in [1.54, 1.807) is 22.4 Å². The van der Waals surface area contributed by atoms with Gasteiger partial charge in [-0.1, -0.05) is 43.7 Å². The van der Waals surface area contributed by atoms with E-state index < -0.39 is 23.5 Å². The zero-order chi connectivity index (χ0) is 42.6. The van der Waals surface area contributed by atoms with Crippen molar-refractivity contribution < 1.29 is 23.8 Å². The van der Waals surface area contributed by atoms with E-state index in [1.165, 1.54) is 10.1 Å². The molecule has 61 heavy (non-hydrogen) atoms. The first-order valence-electron chi connectivity index (χ1n) is 21.1. The van der Waals surface area contributed by atoms with Gasteiger partial charge in [0.1, 0.15) is 22.8 Å². The molecule has 2 aliphatic rings. The van der Waals surface area contributed by atoms with Crippen LogP contribution in [0.25, 0.3) is 54.8 Å². The molecule has 3 aromatic carbocycles. The third-order valence-corrected chi connectivity index (χ3v) is 12.1. The van der Waals surface area contributed by atoms with Gasteiger partial charge < -0.3 is 24.2 Å². The topological polar surface area (TPSA) is 140 Å². The Morgan fingerprint density at radius 3 is 2.43 bits per heavy atom. The van der Waals surface area contributed by atoms with Gasteiger partial charge >= 0.3 is 12.2 Å². The summed E-state index contributed by atoms with van der Waals surface area (Å²) >= 11 is 1.73. The SMILES string of the molecule is CCCC/C(=N/C(=O)OC(C)(C)C)c1ncc(-c2ccc3c(c2)cc2n3C(c3cc4ccccc4s3)Oc3cc(-c4cnc([C@@H]5CCCN5C(=O)OC(C)(C)C)[nH]4)ccc3-2)[nH]1. The third kappa shape index (κ3) is 8.18. The normalized spacial score (nSPS) is 16.8. The van der Waals surface area contributed by atoms with Crippen molar-refractivity contribution in [3.8, 4) is 39.5 Å². The molecule has 7 aromatic rings. The van der Waals surface area contributed by atoms with Gasteiger partial charge in [0.15, 0.2) is 5.82 Å². The van der Waals surface area contributed by atoms with Gasteiger partial charge in [0.05, 0.1) is 51.6 Å². The summed E-state index contributed by atoms with van der Waals surface area (Å²) in [4.78, 5) is 49.4. The van der Waals surface area contributed by atoms with E-state index >= 15 is 0 Å². The molecule has 0 saturated carbocycles. The molecule has 2 aliphatic heterocycles. The first-order valence-corrected chi connectivity index (χ1v) is 21.9. The molecule has 2 amide bonds. The second-order valence-electron chi connectivity index (χ2n) is 17.8. The molecule has 12 nitrogen and oxygen atoms in total. The number of carbonyl (C=O) groups excluding carboxylic acids is 2. The number of aromatic amines is 2. The van der Waals surface area contributed by atoms with Crippen LogP contribution < -0.4 is 4.74 Å². The zero-order valence-electron chi connectivity index (χ0n) is 35.7. The predicted octanol–water partition coefficient (Wildman–Crippen LogP) is 12.2. The summed E-state index contributed by atoms with van der Waals surface area (Å²) < 4.78 is 21.8. The number of aromatic nitrogens is 5. The number of amides is 2. The minimum atomic E-state index is -0.645.